The molecule has 8 rings (SSSR count). The summed E-state index contributed by atoms with van der Waals surface area (Å²) in [6.45, 7) is 0. The zero-order valence-electron chi connectivity index (χ0n) is 20.5. The van der Waals surface area contributed by atoms with E-state index in [1.54, 1.807) is 0 Å². The smallest absolute Gasteiger partial charge is 0.0722 e. The van der Waals surface area contributed by atoms with Crippen molar-refractivity contribution >= 4 is 54.3 Å². The Balaban J connectivity index is 1.58. The molecule has 0 unspecified atom stereocenters. The van der Waals surface area contributed by atoms with Gasteiger partial charge in [-0.3, -0.25) is 4.98 Å². The van der Waals surface area contributed by atoms with Crippen LogP contribution in [-0.2, 0) is 0 Å². The zero-order valence-corrected chi connectivity index (χ0v) is 20.5. The number of fused-ring (bicyclic) bond motifs is 6. The summed E-state index contributed by atoms with van der Waals surface area (Å²) < 4.78 is 0. The molecule has 0 atom stereocenters. The molecule has 0 N–H and O–H groups in total. The molecule has 0 radical (unpaired) electrons. The summed E-state index contributed by atoms with van der Waals surface area (Å²) in [4.78, 5) is 15.2. The fourth-order valence-electron chi connectivity index (χ4n) is 5.75. The molecule has 0 spiro atoms. The van der Waals surface area contributed by atoms with E-state index in [1.807, 2.05) is 24.4 Å². The third-order valence-electron chi connectivity index (χ3n) is 7.47. The monoisotopic (exact) mass is 483 g/mol. The molecule has 0 saturated carbocycles. The van der Waals surface area contributed by atoms with Gasteiger partial charge in [-0.1, -0.05) is 91.0 Å². The molecule has 0 aliphatic heterocycles. The number of rotatable bonds is 2. The largest absolute Gasteiger partial charge is 0.256 e. The standard InChI is InChI=1S/C35H21N3/c1-6-14-28-22(9-1)17-19-31(37-28)33-24-11-3-4-12-25(24)35(32-20-18-23-10-2-7-15-29(23)38-32)34-26-13-5-8-16-30(26)36-21-27(33)34/h1-21H. The molecule has 176 valence electrons. The van der Waals surface area contributed by atoms with Gasteiger partial charge < -0.3 is 0 Å². The summed E-state index contributed by atoms with van der Waals surface area (Å²) in [6.07, 6.45) is 2.01. The van der Waals surface area contributed by atoms with Crippen LogP contribution in [0.4, 0.5) is 0 Å². The molecule has 38 heavy (non-hydrogen) atoms. The Morgan fingerprint density at radius 3 is 1.53 bits per heavy atom. The van der Waals surface area contributed by atoms with Crippen LogP contribution in [0.1, 0.15) is 0 Å². The molecule has 3 aromatic heterocycles. The number of pyridine rings is 3. The van der Waals surface area contributed by atoms with E-state index in [0.29, 0.717) is 0 Å². The summed E-state index contributed by atoms with van der Waals surface area (Å²) in [5.74, 6) is 0. The lowest BCUT2D eigenvalue weighted by Crippen LogP contribution is -1.96. The van der Waals surface area contributed by atoms with Gasteiger partial charge in [-0.05, 0) is 41.1 Å². The van der Waals surface area contributed by atoms with E-state index < -0.39 is 0 Å². The van der Waals surface area contributed by atoms with E-state index in [1.165, 1.54) is 0 Å². The number of hydrogen-bond acceptors (Lipinski definition) is 3. The van der Waals surface area contributed by atoms with Crippen molar-refractivity contribution in [1.29, 1.82) is 0 Å². The average molecular weight is 484 g/mol. The normalized spacial score (nSPS) is 11.7. The maximum atomic E-state index is 5.16. The van der Waals surface area contributed by atoms with Crippen molar-refractivity contribution in [1.82, 2.24) is 15.0 Å². The van der Waals surface area contributed by atoms with Gasteiger partial charge in [0.05, 0.1) is 27.9 Å². The summed E-state index contributed by atoms with van der Waals surface area (Å²) in [5.41, 5.74) is 7.07. The van der Waals surface area contributed by atoms with Crippen LogP contribution in [0.3, 0.4) is 0 Å². The van der Waals surface area contributed by atoms with E-state index in [0.717, 1.165) is 76.8 Å². The number of para-hydroxylation sites is 3. The predicted octanol–water partition coefficient (Wildman–Crippen LogP) is 8.97. The van der Waals surface area contributed by atoms with Crippen molar-refractivity contribution in [3.05, 3.63) is 128 Å². The van der Waals surface area contributed by atoms with Crippen LogP contribution in [0.2, 0.25) is 0 Å². The van der Waals surface area contributed by atoms with Gasteiger partial charge in [0.1, 0.15) is 0 Å². The topological polar surface area (TPSA) is 38.7 Å². The summed E-state index contributed by atoms with van der Waals surface area (Å²) in [5, 5.41) is 7.91. The van der Waals surface area contributed by atoms with Crippen molar-refractivity contribution in [2.45, 2.75) is 0 Å². The third kappa shape index (κ3) is 3.12. The molecular weight excluding hydrogens is 462 g/mol. The number of nitrogens with zero attached hydrogens (tertiary/aromatic N) is 3. The van der Waals surface area contributed by atoms with Crippen LogP contribution in [0.15, 0.2) is 128 Å². The van der Waals surface area contributed by atoms with Gasteiger partial charge in [0.2, 0.25) is 0 Å². The van der Waals surface area contributed by atoms with Crippen molar-refractivity contribution in [2.75, 3.05) is 0 Å². The van der Waals surface area contributed by atoms with E-state index in [2.05, 4.69) is 103 Å². The van der Waals surface area contributed by atoms with Crippen LogP contribution in [0.5, 0.6) is 0 Å². The minimum atomic E-state index is 0.944. The molecule has 0 aliphatic carbocycles. The lowest BCUT2D eigenvalue weighted by Gasteiger charge is -2.18. The van der Waals surface area contributed by atoms with Gasteiger partial charge in [-0.15, -0.1) is 0 Å². The maximum absolute atomic E-state index is 5.16. The van der Waals surface area contributed by atoms with E-state index >= 15 is 0 Å². The Morgan fingerprint density at radius 2 is 0.868 bits per heavy atom. The molecule has 0 fully saturated rings. The fraction of sp³-hybridized carbons (Fsp3) is 0. The van der Waals surface area contributed by atoms with Crippen molar-refractivity contribution in [3.63, 3.8) is 0 Å². The van der Waals surface area contributed by atoms with Crippen molar-refractivity contribution < 1.29 is 0 Å². The van der Waals surface area contributed by atoms with Gasteiger partial charge in [-0.25, -0.2) is 9.97 Å². The highest BCUT2D eigenvalue weighted by molar-refractivity contribution is 6.26. The van der Waals surface area contributed by atoms with Crippen LogP contribution < -0.4 is 0 Å². The Morgan fingerprint density at radius 1 is 0.368 bits per heavy atom. The molecule has 3 heteroatoms. The first-order chi connectivity index (χ1) is 18.8. The average Bonchev–Trinajstić information content (AvgIpc) is 2.99. The van der Waals surface area contributed by atoms with Gasteiger partial charge in [-0.2, -0.15) is 0 Å². The summed E-state index contributed by atoms with van der Waals surface area (Å²) >= 11 is 0. The zero-order chi connectivity index (χ0) is 25.1. The van der Waals surface area contributed by atoms with Crippen molar-refractivity contribution in [3.8, 4) is 22.5 Å². The minimum absolute atomic E-state index is 0.944. The highest BCUT2D eigenvalue weighted by atomic mass is 14.7. The van der Waals surface area contributed by atoms with Gasteiger partial charge in [0.15, 0.2) is 0 Å². The Kier molecular flexibility index (Phi) is 4.52. The fourth-order valence-corrected chi connectivity index (χ4v) is 5.75. The highest BCUT2D eigenvalue weighted by Gasteiger charge is 2.20. The van der Waals surface area contributed by atoms with Crippen LogP contribution in [0, 0.1) is 0 Å². The first-order valence-corrected chi connectivity index (χ1v) is 12.8. The Bertz CT molecular complexity index is 2200. The van der Waals surface area contributed by atoms with Crippen LogP contribution in [0.25, 0.3) is 76.8 Å². The second kappa shape index (κ2) is 8.19. The second-order valence-corrected chi connectivity index (χ2v) is 9.64. The van der Waals surface area contributed by atoms with E-state index in [9.17, 15) is 0 Å². The first kappa shape index (κ1) is 21.0. The number of benzene rings is 5. The quantitative estimate of drug-likeness (QED) is 0.182. The second-order valence-electron chi connectivity index (χ2n) is 9.64. The molecule has 3 nitrogen and oxygen atoms in total. The Hall–Kier alpha value is -5.15. The number of aromatic nitrogens is 3. The molecular formula is C35H21N3. The summed E-state index contributed by atoms with van der Waals surface area (Å²) in [6, 6.07) is 42.2. The molecule has 8 aromatic rings. The molecule has 0 aliphatic rings. The lowest BCUT2D eigenvalue weighted by molar-refractivity contribution is 1.40. The molecule has 5 aromatic carbocycles. The third-order valence-corrected chi connectivity index (χ3v) is 7.47. The number of hydrogen-bond donors (Lipinski definition) is 0. The van der Waals surface area contributed by atoms with Gasteiger partial charge >= 0.3 is 0 Å². The van der Waals surface area contributed by atoms with Crippen LogP contribution in [-0.4, -0.2) is 15.0 Å². The SMILES string of the molecule is c1ccc2nc(-c3c4ccccc4c(-c4ccc5ccccc5n4)c4c3cnc3ccccc34)ccc2c1. The maximum Gasteiger partial charge on any atom is 0.0722 e. The van der Waals surface area contributed by atoms with E-state index in [-0.39, 0.29) is 0 Å². The molecule has 0 amide bonds. The van der Waals surface area contributed by atoms with E-state index in [4.69, 9.17) is 15.0 Å². The molecule has 0 bridgehead atoms. The molecule has 0 saturated heterocycles. The van der Waals surface area contributed by atoms with Gasteiger partial charge in [0.25, 0.3) is 0 Å². The molecule has 3 heterocycles. The Labute approximate surface area is 219 Å². The van der Waals surface area contributed by atoms with Gasteiger partial charge in [0, 0.05) is 44.3 Å². The highest BCUT2D eigenvalue weighted by Crippen LogP contribution is 2.45. The van der Waals surface area contributed by atoms with Crippen molar-refractivity contribution in [2.24, 2.45) is 0 Å². The predicted molar refractivity (Wildman–Crippen MR) is 158 cm³/mol. The summed E-state index contributed by atoms with van der Waals surface area (Å²) in [7, 11) is 0. The van der Waals surface area contributed by atoms with Crippen LogP contribution >= 0.6 is 0 Å². The first-order valence-electron chi connectivity index (χ1n) is 12.8. The minimum Gasteiger partial charge on any atom is -0.256 e. The lowest BCUT2D eigenvalue weighted by atomic mass is 9.87.